The van der Waals surface area contributed by atoms with Crippen LogP contribution in [-0.2, 0) is 26.8 Å². The summed E-state index contributed by atoms with van der Waals surface area (Å²) in [6.07, 6.45) is 0.00868. The van der Waals surface area contributed by atoms with E-state index in [1.165, 1.54) is 22.5 Å². The van der Waals surface area contributed by atoms with Gasteiger partial charge in [-0.05, 0) is 48.2 Å². The first-order chi connectivity index (χ1) is 16.1. The largest absolute Gasteiger partial charge is 0.480 e. The molecule has 1 aliphatic heterocycles. The van der Waals surface area contributed by atoms with Crippen molar-refractivity contribution in [3.63, 3.8) is 0 Å². The van der Waals surface area contributed by atoms with Gasteiger partial charge in [0, 0.05) is 6.07 Å². The molecular weight excluding hydrogens is 495 g/mol. The lowest BCUT2D eigenvalue weighted by Crippen LogP contribution is -2.64. The number of aliphatic carboxylic acids is 1. The summed E-state index contributed by atoms with van der Waals surface area (Å²) in [6.45, 7) is 1.72. The van der Waals surface area contributed by atoms with Gasteiger partial charge in [0.05, 0.1) is 18.0 Å². The van der Waals surface area contributed by atoms with Gasteiger partial charge >= 0.3 is 5.97 Å². The van der Waals surface area contributed by atoms with Crippen LogP contribution in [0, 0.1) is 12.7 Å². The third-order valence-corrected chi connectivity index (χ3v) is 7.72. The zero-order chi connectivity index (χ0) is 24.5. The predicted octanol–water partition coefficient (Wildman–Crippen LogP) is 3.49. The lowest BCUT2D eigenvalue weighted by molar-refractivity contribution is -0.138. The van der Waals surface area contributed by atoms with Gasteiger partial charge in [0.2, 0.25) is 10.0 Å². The molecule has 1 fully saturated rings. The Balaban J connectivity index is 0.00000342. The average molecular weight is 521 g/mol. The van der Waals surface area contributed by atoms with E-state index in [0.29, 0.717) is 16.9 Å². The maximum Gasteiger partial charge on any atom is 0.320 e. The number of carboxylic acid groups (broad SMARTS) is 1. The van der Waals surface area contributed by atoms with Crippen LogP contribution in [0.4, 0.5) is 4.39 Å². The first kappa shape index (κ1) is 26.6. The van der Waals surface area contributed by atoms with Gasteiger partial charge < -0.3 is 15.6 Å². The van der Waals surface area contributed by atoms with Crippen LogP contribution in [0.1, 0.15) is 16.7 Å². The molecule has 3 aromatic rings. The molecule has 0 bridgehead atoms. The fraction of sp³-hybridized carbons (Fsp3) is 0.240. The summed E-state index contributed by atoms with van der Waals surface area (Å²) < 4.78 is 48.2. The minimum Gasteiger partial charge on any atom is -0.480 e. The Morgan fingerprint density at radius 2 is 1.80 bits per heavy atom. The summed E-state index contributed by atoms with van der Waals surface area (Å²) in [5.41, 5.74) is 6.40. The molecule has 7 nitrogen and oxygen atoms in total. The number of carbonyl (C=O) groups is 1. The monoisotopic (exact) mass is 520 g/mol. The second-order valence-corrected chi connectivity index (χ2v) is 10.4. The third-order valence-electron chi connectivity index (χ3n) is 5.93. The van der Waals surface area contributed by atoms with Crippen molar-refractivity contribution in [1.29, 1.82) is 0 Å². The molecule has 1 heterocycles. The van der Waals surface area contributed by atoms with E-state index < -0.39 is 33.5 Å². The van der Waals surface area contributed by atoms with Gasteiger partial charge in [-0.3, -0.25) is 4.79 Å². The van der Waals surface area contributed by atoms with Gasteiger partial charge in [-0.1, -0.05) is 48.5 Å². The summed E-state index contributed by atoms with van der Waals surface area (Å²) in [7, 11) is -3.88. The lowest BCUT2D eigenvalue weighted by atomic mass is 9.87. The fourth-order valence-corrected chi connectivity index (χ4v) is 5.53. The molecule has 3 aromatic carbocycles. The van der Waals surface area contributed by atoms with E-state index >= 15 is 0 Å². The van der Waals surface area contributed by atoms with E-state index in [1.54, 1.807) is 31.2 Å². The topological polar surface area (TPSA) is 110 Å². The molecule has 0 aliphatic carbocycles. The molecule has 1 aliphatic rings. The van der Waals surface area contributed by atoms with Crippen molar-refractivity contribution in [3.8, 4) is 5.75 Å². The molecule has 3 N–H and O–H groups in total. The second-order valence-electron chi connectivity index (χ2n) is 8.44. The van der Waals surface area contributed by atoms with Crippen LogP contribution in [0.5, 0.6) is 5.75 Å². The van der Waals surface area contributed by atoms with Crippen LogP contribution in [0.25, 0.3) is 0 Å². The molecule has 10 heteroatoms. The van der Waals surface area contributed by atoms with Gasteiger partial charge in [0.1, 0.15) is 17.6 Å². The molecule has 1 saturated heterocycles. The number of rotatable bonds is 8. The van der Waals surface area contributed by atoms with Gasteiger partial charge in [0.25, 0.3) is 0 Å². The average Bonchev–Trinajstić information content (AvgIpc) is 2.79. The Kier molecular flexibility index (Phi) is 7.86. The highest BCUT2D eigenvalue weighted by atomic mass is 35.5. The summed E-state index contributed by atoms with van der Waals surface area (Å²) in [6, 6.07) is 18.8. The van der Waals surface area contributed by atoms with Gasteiger partial charge in [-0.25, -0.2) is 12.8 Å². The van der Waals surface area contributed by atoms with Crippen LogP contribution >= 0.6 is 12.4 Å². The third kappa shape index (κ3) is 5.48. The van der Waals surface area contributed by atoms with Crippen molar-refractivity contribution in [2.45, 2.75) is 29.9 Å². The molecule has 0 spiro atoms. The second kappa shape index (κ2) is 10.3. The molecule has 1 atom stereocenters. The quantitative estimate of drug-likeness (QED) is 0.470. The molecular formula is C25H26ClFN2O5S. The number of nitrogens with two attached hydrogens (primary N) is 1. The van der Waals surface area contributed by atoms with Crippen LogP contribution in [0.15, 0.2) is 77.7 Å². The van der Waals surface area contributed by atoms with E-state index in [4.69, 9.17) is 15.6 Å². The summed E-state index contributed by atoms with van der Waals surface area (Å²) in [5, 5.41) is 9.04. The van der Waals surface area contributed by atoms with E-state index in [1.807, 2.05) is 30.3 Å². The first-order valence-corrected chi connectivity index (χ1v) is 12.1. The minimum absolute atomic E-state index is 0. The molecule has 0 saturated carbocycles. The van der Waals surface area contributed by atoms with E-state index in [9.17, 15) is 17.6 Å². The SMILES string of the molecule is Cc1ccc(OC2(c3ccccc3)CN(S(=O)(=O)c3cccc(C[C@H](N)C(=O)O)c3)C2)cc1F.Cl. The highest BCUT2D eigenvalue weighted by Gasteiger charge is 2.52. The Hall–Kier alpha value is -2.98. The zero-order valence-corrected chi connectivity index (χ0v) is 20.6. The number of hydrogen-bond acceptors (Lipinski definition) is 5. The van der Waals surface area contributed by atoms with Crippen LogP contribution in [0.2, 0.25) is 0 Å². The maximum absolute atomic E-state index is 14.1. The van der Waals surface area contributed by atoms with Gasteiger partial charge in [-0.15, -0.1) is 12.4 Å². The standard InChI is InChI=1S/C25H25FN2O5S.ClH/c1-17-10-11-20(14-22(17)26)33-25(19-7-3-2-4-8-19)15-28(16-25)34(31,32)21-9-5-6-18(12-21)13-23(27)24(29)30;/h2-12,14,23H,13,15-16,27H2,1H3,(H,29,30);1H/t23-;/m0./s1. The van der Waals surface area contributed by atoms with Gasteiger partial charge in [0.15, 0.2) is 5.60 Å². The van der Waals surface area contributed by atoms with Gasteiger partial charge in [-0.2, -0.15) is 4.31 Å². The first-order valence-electron chi connectivity index (χ1n) is 10.7. The van der Waals surface area contributed by atoms with Crippen molar-refractivity contribution < 1.29 is 27.4 Å². The van der Waals surface area contributed by atoms with E-state index in [0.717, 1.165) is 5.56 Å². The number of ether oxygens (including phenoxy) is 1. The van der Waals surface area contributed by atoms with Crippen LogP contribution in [-0.4, -0.2) is 42.9 Å². The highest BCUT2D eigenvalue weighted by molar-refractivity contribution is 7.89. The molecule has 186 valence electrons. The number of halogens is 2. The minimum atomic E-state index is -3.88. The number of hydrogen-bond donors (Lipinski definition) is 2. The Bertz CT molecular complexity index is 1310. The summed E-state index contributed by atoms with van der Waals surface area (Å²) >= 11 is 0. The maximum atomic E-state index is 14.1. The highest BCUT2D eigenvalue weighted by Crippen LogP contribution is 2.40. The number of benzene rings is 3. The fourth-order valence-electron chi connectivity index (χ4n) is 3.93. The number of sulfonamides is 1. The Labute approximate surface area is 209 Å². The summed E-state index contributed by atoms with van der Waals surface area (Å²) in [4.78, 5) is 11.1. The molecule has 0 radical (unpaired) electrons. The van der Waals surface area contributed by atoms with Crippen molar-refractivity contribution in [2.75, 3.05) is 13.1 Å². The number of nitrogens with zero attached hydrogens (tertiary/aromatic N) is 1. The van der Waals surface area contributed by atoms with Crippen LogP contribution in [0.3, 0.4) is 0 Å². The molecule has 4 rings (SSSR count). The molecule has 0 unspecified atom stereocenters. The zero-order valence-electron chi connectivity index (χ0n) is 18.9. The Morgan fingerprint density at radius 1 is 1.11 bits per heavy atom. The van der Waals surface area contributed by atoms with Crippen LogP contribution < -0.4 is 10.5 Å². The molecule has 0 amide bonds. The van der Waals surface area contributed by atoms with E-state index in [-0.39, 0.29) is 36.8 Å². The normalized spacial score (nSPS) is 16.0. The number of carboxylic acids is 1. The van der Waals surface area contributed by atoms with Crippen molar-refractivity contribution in [2.24, 2.45) is 5.73 Å². The summed E-state index contributed by atoms with van der Waals surface area (Å²) in [5.74, 6) is -1.25. The van der Waals surface area contributed by atoms with E-state index in [2.05, 4.69) is 0 Å². The molecule has 35 heavy (non-hydrogen) atoms. The lowest BCUT2D eigenvalue weighted by Gasteiger charge is -2.48. The number of aryl methyl sites for hydroxylation is 1. The molecule has 0 aromatic heterocycles. The van der Waals surface area contributed by atoms with Crippen molar-refractivity contribution >= 4 is 28.4 Å². The smallest absolute Gasteiger partial charge is 0.320 e. The van der Waals surface area contributed by atoms with Crippen molar-refractivity contribution in [1.82, 2.24) is 4.31 Å². The van der Waals surface area contributed by atoms with Crippen molar-refractivity contribution in [3.05, 3.63) is 95.3 Å². The predicted molar refractivity (Wildman–Crippen MR) is 132 cm³/mol. The Morgan fingerprint density at radius 3 is 2.43 bits per heavy atom.